The molecule has 0 aliphatic carbocycles. The van der Waals surface area contributed by atoms with Crippen LogP contribution in [0.2, 0.25) is 0 Å². The summed E-state index contributed by atoms with van der Waals surface area (Å²) in [6, 6.07) is 19.8. The minimum absolute atomic E-state index is 0.0131. The van der Waals surface area contributed by atoms with Gasteiger partial charge in [-0.15, -0.1) is 11.3 Å². The molecular weight excluding hydrogens is 462 g/mol. The Morgan fingerprint density at radius 3 is 2.35 bits per heavy atom. The number of aryl methyl sites for hydroxylation is 3. The summed E-state index contributed by atoms with van der Waals surface area (Å²) < 4.78 is 2.22. The molecule has 0 atom stereocenters. The van der Waals surface area contributed by atoms with E-state index in [2.05, 4.69) is 16.4 Å². The van der Waals surface area contributed by atoms with Gasteiger partial charge in [-0.25, -0.2) is 4.98 Å². The molecule has 0 bridgehead atoms. The summed E-state index contributed by atoms with van der Waals surface area (Å²) in [4.78, 5) is 31.5. The van der Waals surface area contributed by atoms with Gasteiger partial charge in [-0.3, -0.25) is 9.59 Å². The van der Waals surface area contributed by atoms with Crippen molar-refractivity contribution in [2.45, 2.75) is 30.9 Å². The maximum Gasteiger partial charge on any atom is 0.254 e. The van der Waals surface area contributed by atoms with Crippen LogP contribution in [0.3, 0.4) is 0 Å². The first-order valence-corrected chi connectivity index (χ1v) is 12.8. The van der Waals surface area contributed by atoms with Gasteiger partial charge in [0.15, 0.2) is 4.34 Å². The quantitative estimate of drug-likeness (QED) is 0.313. The number of para-hydroxylation sites is 1. The number of hydrogen-bond acceptors (Lipinski definition) is 5. The van der Waals surface area contributed by atoms with Crippen LogP contribution < -0.4 is 5.32 Å². The smallest absolute Gasteiger partial charge is 0.254 e. The average Bonchev–Trinajstić information content (AvgIpc) is 3.23. The summed E-state index contributed by atoms with van der Waals surface area (Å²) in [5.74, 6) is 0.384. The Morgan fingerprint density at radius 1 is 1.00 bits per heavy atom. The van der Waals surface area contributed by atoms with Gasteiger partial charge in [0, 0.05) is 24.1 Å². The first-order chi connectivity index (χ1) is 16.3. The Morgan fingerprint density at radius 2 is 1.68 bits per heavy atom. The molecule has 0 radical (unpaired) electrons. The lowest BCUT2D eigenvalue weighted by Gasteiger charge is -2.18. The summed E-state index contributed by atoms with van der Waals surface area (Å²) >= 11 is 3.38. The zero-order valence-corrected chi connectivity index (χ0v) is 21.3. The third kappa shape index (κ3) is 5.66. The zero-order valence-electron chi connectivity index (χ0n) is 19.7. The molecular formula is C27H27N3O2S2. The molecule has 1 aromatic heterocycles. The predicted octanol–water partition coefficient (Wildman–Crippen LogP) is 6.22. The first-order valence-electron chi connectivity index (χ1n) is 11.0. The normalized spacial score (nSPS) is 10.9. The van der Waals surface area contributed by atoms with Gasteiger partial charge in [-0.1, -0.05) is 53.7 Å². The fourth-order valence-electron chi connectivity index (χ4n) is 3.87. The van der Waals surface area contributed by atoms with E-state index in [1.165, 1.54) is 9.60 Å². The number of aromatic nitrogens is 1. The van der Waals surface area contributed by atoms with Crippen LogP contribution in [-0.4, -0.2) is 35.3 Å². The van der Waals surface area contributed by atoms with Gasteiger partial charge in [0.2, 0.25) is 5.91 Å². The number of likely N-dealkylation sites (N-methyl/N-ethyl adjacent to an activating group) is 1. The van der Waals surface area contributed by atoms with Gasteiger partial charge in [-0.05, 0) is 61.7 Å². The van der Waals surface area contributed by atoms with Gasteiger partial charge in [0.05, 0.1) is 16.8 Å². The third-order valence-electron chi connectivity index (χ3n) is 5.51. The topological polar surface area (TPSA) is 62.3 Å². The van der Waals surface area contributed by atoms with Crippen molar-refractivity contribution in [3.63, 3.8) is 0 Å². The lowest BCUT2D eigenvalue weighted by molar-refractivity contribution is -0.116. The van der Waals surface area contributed by atoms with Crippen LogP contribution in [0.1, 0.15) is 32.6 Å². The maximum absolute atomic E-state index is 12.8. The first kappa shape index (κ1) is 24.0. The van der Waals surface area contributed by atoms with E-state index in [-0.39, 0.29) is 18.4 Å². The van der Waals surface area contributed by atoms with E-state index in [1.54, 1.807) is 30.1 Å². The molecule has 3 aromatic carbocycles. The number of anilines is 1. The van der Waals surface area contributed by atoms with Crippen LogP contribution in [-0.2, 0) is 10.5 Å². The molecule has 34 heavy (non-hydrogen) atoms. The molecule has 0 aliphatic heterocycles. The summed E-state index contributed by atoms with van der Waals surface area (Å²) in [6.07, 6.45) is 0. The number of thiazole rings is 1. The molecule has 2 amide bonds. The van der Waals surface area contributed by atoms with E-state index in [0.717, 1.165) is 43.6 Å². The maximum atomic E-state index is 12.8. The van der Waals surface area contributed by atoms with E-state index in [4.69, 9.17) is 0 Å². The van der Waals surface area contributed by atoms with Gasteiger partial charge in [-0.2, -0.15) is 0 Å². The van der Waals surface area contributed by atoms with Gasteiger partial charge in [0.1, 0.15) is 0 Å². The van der Waals surface area contributed by atoms with Crippen LogP contribution in [0, 0.1) is 20.8 Å². The van der Waals surface area contributed by atoms with Crippen molar-refractivity contribution in [1.29, 1.82) is 0 Å². The predicted molar refractivity (Wildman–Crippen MR) is 142 cm³/mol. The molecule has 0 aliphatic rings. The number of thioether (sulfide) groups is 1. The second-order valence-electron chi connectivity index (χ2n) is 8.42. The highest BCUT2D eigenvalue weighted by atomic mass is 32.2. The van der Waals surface area contributed by atoms with Crippen molar-refractivity contribution in [3.8, 4) is 0 Å². The summed E-state index contributed by atoms with van der Waals surface area (Å²) in [5.41, 5.74) is 6.70. The lowest BCUT2D eigenvalue weighted by Crippen LogP contribution is -2.35. The Balaban J connectivity index is 1.33. The van der Waals surface area contributed by atoms with Crippen molar-refractivity contribution in [1.82, 2.24) is 9.88 Å². The number of benzene rings is 3. The monoisotopic (exact) mass is 489 g/mol. The van der Waals surface area contributed by atoms with Crippen molar-refractivity contribution >= 4 is 50.8 Å². The molecule has 0 spiro atoms. The van der Waals surface area contributed by atoms with Gasteiger partial charge >= 0.3 is 0 Å². The van der Waals surface area contributed by atoms with Gasteiger partial charge < -0.3 is 10.2 Å². The molecule has 0 unspecified atom stereocenters. The number of amides is 2. The third-order valence-corrected chi connectivity index (χ3v) is 7.76. The Bertz CT molecular complexity index is 1290. The average molecular weight is 490 g/mol. The number of rotatable bonds is 7. The number of carbonyl (C=O) groups is 2. The number of carbonyl (C=O) groups excluding carboxylic acids is 2. The highest BCUT2D eigenvalue weighted by Crippen LogP contribution is 2.31. The van der Waals surface area contributed by atoms with Crippen LogP contribution in [0.25, 0.3) is 10.2 Å². The Kier molecular flexibility index (Phi) is 7.34. The van der Waals surface area contributed by atoms with Gasteiger partial charge in [0.25, 0.3) is 5.91 Å². The van der Waals surface area contributed by atoms with E-state index in [1.807, 2.05) is 75.4 Å². The SMILES string of the molecule is Cc1cc(C)c(NC(=O)CN(C)C(=O)c2ccc(CSc3nc4ccccc4s3)cc2)c(C)c1. The van der Waals surface area contributed by atoms with Crippen LogP contribution in [0.15, 0.2) is 65.0 Å². The second-order valence-corrected chi connectivity index (χ2v) is 10.7. The number of nitrogens with one attached hydrogen (secondary N) is 1. The van der Waals surface area contributed by atoms with Crippen molar-refractivity contribution < 1.29 is 9.59 Å². The molecule has 174 valence electrons. The van der Waals surface area contributed by atoms with Crippen molar-refractivity contribution in [3.05, 3.63) is 88.5 Å². The number of fused-ring (bicyclic) bond motifs is 1. The zero-order chi connectivity index (χ0) is 24.2. The second kappa shape index (κ2) is 10.4. The molecule has 7 heteroatoms. The van der Waals surface area contributed by atoms with Crippen LogP contribution in [0.5, 0.6) is 0 Å². The fraction of sp³-hybridized carbons (Fsp3) is 0.222. The molecule has 0 saturated heterocycles. The van der Waals surface area contributed by atoms with Crippen LogP contribution >= 0.6 is 23.1 Å². The molecule has 4 rings (SSSR count). The van der Waals surface area contributed by atoms with Crippen LogP contribution in [0.4, 0.5) is 5.69 Å². The molecule has 5 nitrogen and oxygen atoms in total. The largest absolute Gasteiger partial charge is 0.332 e. The highest BCUT2D eigenvalue weighted by Gasteiger charge is 2.16. The molecule has 4 aromatic rings. The number of hydrogen-bond donors (Lipinski definition) is 1. The van der Waals surface area contributed by atoms with E-state index >= 15 is 0 Å². The molecule has 1 heterocycles. The summed E-state index contributed by atoms with van der Waals surface area (Å²) in [5, 5.41) is 2.95. The molecule has 1 N–H and O–H groups in total. The minimum Gasteiger partial charge on any atom is -0.332 e. The van der Waals surface area contributed by atoms with Crippen molar-refractivity contribution in [2.75, 3.05) is 18.9 Å². The van der Waals surface area contributed by atoms with Crippen molar-refractivity contribution in [2.24, 2.45) is 0 Å². The highest BCUT2D eigenvalue weighted by molar-refractivity contribution is 8.00. The minimum atomic E-state index is -0.213. The molecule has 0 saturated carbocycles. The molecule has 0 fully saturated rings. The van der Waals surface area contributed by atoms with E-state index < -0.39 is 0 Å². The van der Waals surface area contributed by atoms with E-state index in [0.29, 0.717) is 5.56 Å². The summed E-state index contributed by atoms with van der Waals surface area (Å²) in [7, 11) is 1.65. The number of nitrogens with zero attached hydrogens (tertiary/aromatic N) is 2. The Hall–Kier alpha value is -3.16. The van der Waals surface area contributed by atoms with E-state index in [9.17, 15) is 9.59 Å². The fourth-order valence-corrected chi connectivity index (χ4v) is 5.89. The summed E-state index contributed by atoms with van der Waals surface area (Å²) in [6.45, 7) is 5.96. The standard InChI is InChI=1S/C27H27N3O2S2/c1-17-13-18(2)25(19(3)14-17)29-24(31)15-30(4)26(32)21-11-9-20(10-12-21)16-33-27-28-22-7-5-6-8-23(22)34-27/h5-14H,15-16H2,1-4H3,(H,29,31). The lowest BCUT2D eigenvalue weighted by atomic mass is 10.1. The Labute approximate surface area is 208 Å².